The zero-order valence-corrected chi connectivity index (χ0v) is 11.1. The molecule has 0 heterocycles. The predicted octanol–water partition coefficient (Wildman–Crippen LogP) is 2.41. The standard InChI is InChI=1S/C12H16BrNO2/c1-3-16-8-12(15)14-7-10-6-11(13)5-4-9(10)2/h4-6H,3,7-8H2,1-2H3,(H,14,15). The quantitative estimate of drug-likeness (QED) is 0.902. The first-order chi connectivity index (χ1) is 7.63. The number of hydrogen-bond acceptors (Lipinski definition) is 2. The molecule has 0 radical (unpaired) electrons. The lowest BCUT2D eigenvalue weighted by atomic mass is 10.1. The molecule has 1 aromatic rings. The van der Waals surface area contributed by atoms with Gasteiger partial charge in [-0.25, -0.2) is 0 Å². The molecule has 0 saturated heterocycles. The van der Waals surface area contributed by atoms with Gasteiger partial charge in [0.05, 0.1) is 0 Å². The van der Waals surface area contributed by atoms with Gasteiger partial charge in [0.1, 0.15) is 6.61 Å². The fraction of sp³-hybridized carbons (Fsp3) is 0.417. The van der Waals surface area contributed by atoms with Crippen LogP contribution in [0.25, 0.3) is 0 Å². The van der Waals surface area contributed by atoms with Crippen molar-refractivity contribution >= 4 is 21.8 Å². The molecule has 3 nitrogen and oxygen atoms in total. The molecule has 0 atom stereocenters. The van der Waals surface area contributed by atoms with Crippen LogP contribution in [0.2, 0.25) is 0 Å². The molecule has 1 rings (SSSR count). The van der Waals surface area contributed by atoms with Crippen molar-refractivity contribution in [2.24, 2.45) is 0 Å². The van der Waals surface area contributed by atoms with Crippen LogP contribution >= 0.6 is 15.9 Å². The van der Waals surface area contributed by atoms with Crippen molar-refractivity contribution < 1.29 is 9.53 Å². The second-order valence-electron chi connectivity index (χ2n) is 3.48. The third kappa shape index (κ3) is 4.33. The van der Waals surface area contributed by atoms with Crippen molar-refractivity contribution in [2.75, 3.05) is 13.2 Å². The zero-order chi connectivity index (χ0) is 12.0. The molecule has 4 heteroatoms. The first-order valence-corrected chi connectivity index (χ1v) is 6.02. The normalized spacial score (nSPS) is 10.2. The van der Waals surface area contributed by atoms with E-state index in [1.54, 1.807) is 0 Å². The van der Waals surface area contributed by atoms with Crippen molar-refractivity contribution in [3.63, 3.8) is 0 Å². The first kappa shape index (κ1) is 13.2. The third-order valence-corrected chi connectivity index (χ3v) is 2.72. The smallest absolute Gasteiger partial charge is 0.246 e. The van der Waals surface area contributed by atoms with E-state index >= 15 is 0 Å². The van der Waals surface area contributed by atoms with Crippen molar-refractivity contribution in [1.29, 1.82) is 0 Å². The number of carbonyl (C=O) groups is 1. The molecular weight excluding hydrogens is 270 g/mol. The van der Waals surface area contributed by atoms with Gasteiger partial charge < -0.3 is 10.1 Å². The Hall–Kier alpha value is -0.870. The molecule has 0 unspecified atom stereocenters. The Morgan fingerprint density at radius 1 is 1.50 bits per heavy atom. The van der Waals surface area contributed by atoms with Crippen molar-refractivity contribution in [2.45, 2.75) is 20.4 Å². The summed E-state index contributed by atoms with van der Waals surface area (Å²) in [6.45, 7) is 5.12. The molecule has 1 N–H and O–H groups in total. The summed E-state index contributed by atoms with van der Waals surface area (Å²) < 4.78 is 6.04. The van der Waals surface area contributed by atoms with Gasteiger partial charge in [-0.1, -0.05) is 22.0 Å². The maximum Gasteiger partial charge on any atom is 0.246 e. The minimum absolute atomic E-state index is 0.0822. The third-order valence-electron chi connectivity index (χ3n) is 2.22. The molecule has 0 saturated carbocycles. The minimum atomic E-state index is -0.0822. The maximum atomic E-state index is 11.3. The minimum Gasteiger partial charge on any atom is -0.372 e. The summed E-state index contributed by atoms with van der Waals surface area (Å²) in [5.74, 6) is -0.0822. The summed E-state index contributed by atoms with van der Waals surface area (Å²) in [7, 11) is 0. The molecule has 16 heavy (non-hydrogen) atoms. The number of halogens is 1. The van der Waals surface area contributed by atoms with Gasteiger partial charge in [-0.15, -0.1) is 0 Å². The Balaban J connectivity index is 2.47. The monoisotopic (exact) mass is 285 g/mol. The molecule has 0 spiro atoms. The first-order valence-electron chi connectivity index (χ1n) is 5.23. The van der Waals surface area contributed by atoms with E-state index in [9.17, 15) is 4.79 Å². The number of amides is 1. The van der Waals surface area contributed by atoms with Gasteiger partial charge >= 0.3 is 0 Å². The summed E-state index contributed by atoms with van der Waals surface area (Å²) in [6.07, 6.45) is 0. The SMILES string of the molecule is CCOCC(=O)NCc1cc(Br)ccc1C. The van der Waals surface area contributed by atoms with Crippen LogP contribution in [-0.2, 0) is 16.1 Å². The van der Waals surface area contributed by atoms with Gasteiger partial charge in [-0.2, -0.15) is 0 Å². The Morgan fingerprint density at radius 3 is 2.94 bits per heavy atom. The number of hydrogen-bond donors (Lipinski definition) is 1. The van der Waals surface area contributed by atoms with Gasteiger partial charge in [-0.05, 0) is 37.1 Å². The molecule has 88 valence electrons. The summed E-state index contributed by atoms with van der Waals surface area (Å²) in [6, 6.07) is 6.02. The van der Waals surface area contributed by atoms with Crippen molar-refractivity contribution in [3.8, 4) is 0 Å². The van der Waals surface area contributed by atoms with Crippen LogP contribution in [0.15, 0.2) is 22.7 Å². The van der Waals surface area contributed by atoms with Crippen LogP contribution in [-0.4, -0.2) is 19.1 Å². The van der Waals surface area contributed by atoms with Gasteiger partial charge in [0.2, 0.25) is 5.91 Å². The van der Waals surface area contributed by atoms with Crippen molar-refractivity contribution in [1.82, 2.24) is 5.32 Å². The van der Waals surface area contributed by atoms with Crippen LogP contribution in [0.1, 0.15) is 18.1 Å². The average molecular weight is 286 g/mol. The molecule has 0 aliphatic heterocycles. The van der Waals surface area contributed by atoms with Crippen LogP contribution in [0.3, 0.4) is 0 Å². The van der Waals surface area contributed by atoms with Gasteiger partial charge in [0, 0.05) is 17.6 Å². The fourth-order valence-electron chi connectivity index (χ4n) is 1.27. The van der Waals surface area contributed by atoms with E-state index in [0.717, 1.165) is 10.0 Å². The number of rotatable bonds is 5. The van der Waals surface area contributed by atoms with Gasteiger partial charge in [0.15, 0.2) is 0 Å². The Bertz CT molecular complexity index is 366. The molecule has 0 fully saturated rings. The number of benzene rings is 1. The van der Waals surface area contributed by atoms with Crippen LogP contribution < -0.4 is 5.32 Å². The number of ether oxygens (including phenoxy) is 1. The molecule has 1 aromatic carbocycles. The Morgan fingerprint density at radius 2 is 2.25 bits per heavy atom. The molecule has 0 bridgehead atoms. The number of nitrogens with one attached hydrogen (secondary N) is 1. The summed E-state index contributed by atoms with van der Waals surface area (Å²) in [4.78, 5) is 11.3. The van der Waals surface area contributed by atoms with E-state index in [0.29, 0.717) is 13.2 Å². The highest BCUT2D eigenvalue weighted by atomic mass is 79.9. The lowest BCUT2D eigenvalue weighted by molar-refractivity contribution is -0.125. The van der Waals surface area contributed by atoms with E-state index in [-0.39, 0.29) is 12.5 Å². The fourth-order valence-corrected chi connectivity index (χ4v) is 1.68. The average Bonchev–Trinajstić information content (AvgIpc) is 2.27. The largest absolute Gasteiger partial charge is 0.372 e. The Kier molecular flexibility index (Phi) is 5.49. The summed E-state index contributed by atoms with van der Waals surface area (Å²) >= 11 is 3.41. The van der Waals surface area contributed by atoms with Crippen LogP contribution in [0.4, 0.5) is 0 Å². The lowest BCUT2D eigenvalue weighted by Gasteiger charge is -2.08. The maximum absolute atomic E-state index is 11.3. The number of aryl methyl sites for hydroxylation is 1. The van der Waals surface area contributed by atoms with Crippen LogP contribution in [0, 0.1) is 6.92 Å². The van der Waals surface area contributed by atoms with E-state index < -0.39 is 0 Å². The second-order valence-corrected chi connectivity index (χ2v) is 4.40. The molecular formula is C12H16BrNO2. The molecule has 0 aromatic heterocycles. The predicted molar refractivity (Wildman–Crippen MR) is 67.2 cm³/mol. The van der Waals surface area contributed by atoms with E-state index in [1.807, 2.05) is 32.0 Å². The Labute approximate surface area is 104 Å². The zero-order valence-electron chi connectivity index (χ0n) is 9.55. The van der Waals surface area contributed by atoms with Gasteiger partial charge in [0.25, 0.3) is 0 Å². The highest BCUT2D eigenvalue weighted by Gasteiger charge is 2.03. The van der Waals surface area contributed by atoms with E-state index in [1.165, 1.54) is 5.56 Å². The molecule has 1 amide bonds. The second kappa shape index (κ2) is 6.66. The number of carbonyl (C=O) groups excluding carboxylic acids is 1. The van der Waals surface area contributed by atoms with Crippen LogP contribution in [0.5, 0.6) is 0 Å². The van der Waals surface area contributed by atoms with Gasteiger partial charge in [-0.3, -0.25) is 4.79 Å². The van der Waals surface area contributed by atoms with E-state index in [2.05, 4.69) is 21.2 Å². The van der Waals surface area contributed by atoms with E-state index in [4.69, 9.17) is 4.74 Å². The highest BCUT2D eigenvalue weighted by Crippen LogP contribution is 2.15. The topological polar surface area (TPSA) is 38.3 Å². The molecule has 0 aliphatic carbocycles. The highest BCUT2D eigenvalue weighted by molar-refractivity contribution is 9.10. The lowest BCUT2D eigenvalue weighted by Crippen LogP contribution is -2.27. The molecule has 0 aliphatic rings. The summed E-state index contributed by atoms with van der Waals surface area (Å²) in [5, 5.41) is 2.82. The van der Waals surface area contributed by atoms with Crippen molar-refractivity contribution in [3.05, 3.63) is 33.8 Å². The summed E-state index contributed by atoms with van der Waals surface area (Å²) in [5.41, 5.74) is 2.28.